The minimum Gasteiger partial charge on any atom is -0.490 e. The third-order valence-corrected chi connectivity index (χ3v) is 3.51. The first-order valence-electron chi connectivity index (χ1n) is 7.42. The highest BCUT2D eigenvalue weighted by Gasteiger charge is 2.10. The molecule has 2 N–H and O–H groups in total. The number of nitrogen functional groups attached to an aromatic ring is 1. The SMILES string of the molecule is CC(C)N(CCOc1ccccc1N)Cc1ccccc1. The summed E-state index contributed by atoms with van der Waals surface area (Å²) in [6.07, 6.45) is 0. The van der Waals surface area contributed by atoms with Crippen molar-refractivity contribution in [2.24, 2.45) is 0 Å². The lowest BCUT2D eigenvalue weighted by molar-refractivity contribution is 0.169. The normalized spacial score (nSPS) is 11.0. The molecule has 21 heavy (non-hydrogen) atoms. The van der Waals surface area contributed by atoms with E-state index in [0.29, 0.717) is 18.3 Å². The van der Waals surface area contributed by atoms with E-state index in [1.165, 1.54) is 5.56 Å². The molecule has 0 atom stereocenters. The molecule has 3 nitrogen and oxygen atoms in total. The van der Waals surface area contributed by atoms with E-state index in [2.05, 4.69) is 43.0 Å². The van der Waals surface area contributed by atoms with Crippen LogP contribution in [0.2, 0.25) is 0 Å². The van der Waals surface area contributed by atoms with Crippen LogP contribution in [0, 0.1) is 0 Å². The van der Waals surface area contributed by atoms with Crippen molar-refractivity contribution in [3.63, 3.8) is 0 Å². The summed E-state index contributed by atoms with van der Waals surface area (Å²) in [7, 11) is 0. The molecule has 0 fully saturated rings. The minimum atomic E-state index is 0.474. The third kappa shape index (κ3) is 4.80. The Morgan fingerprint density at radius 2 is 1.67 bits per heavy atom. The number of hydrogen-bond acceptors (Lipinski definition) is 3. The highest BCUT2D eigenvalue weighted by atomic mass is 16.5. The number of ether oxygens (including phenoxy) is 1. The summed E-state index contributed by atoms with van der Waals surface area (Å²) in [5.74, 6) is 0.765. The summed E-state index contributed by atoms with van der Waals surface area (Å²) in [6.45, 7) is 6.87. The van der Waals surface area contributed by atoms with E-state index >= 15 is 0 Å². The van der Waals surface area contributed by atoms with Crippen LogP contribution in [0.15, 0.2) is 54.6 Å². The largest absolute Gasteiger partial charge is 0.490 e. The average molecular weight is 284 g/mol. The van der Waals surface area contributed by atoms with Gasteiger partial charge in [-0.05, 0) is 31.5 Å². The molecule has 0 aromatic heterocycles. The van der Waals surface area contributed by atoms with Gasteiger partial charge in [-0.3, -0.25) is 4.90 Å². The standard InChI is InChI=1S/C18H24N2O/c1-15(2)20(14-16-8-4-3-5-9-16)12-13-21-18-11-7-6-10-17(18)19/h3-11,15H,12-14,19H2,1-2H3. The first kappa shape index (κ1) is 15.4. The van der Waals surface area contributed by atoms with Crippen LogP contribution in [0.5, 0.6) is 5.75 Å². The van der Waals surface area contributed by atoms with Gasteiger partial charge in [-0.2, -0.15) is 0 Å². The number of hydrogen-bond donors (Lipinski definition) is 1. The predicted octanol–water partition coefficient (Wildman–Crippen LogP) is 3.56. The van der Waals surface area contributed by atoms with Gasteiger partial charge in [0.15, 0.2) is 0 Å². The summed E-state index contributed by atoms with van der Waals surface area (Å²) < 4.78 is 5.79. The van der Waals surface area contributed by atoms with Gasteiger partial charge in [0.2, 0.25) is 0 Å². The third-order valence-electron chi connectivity index (χ3n) is 3.51. The summed E-state index contributed by atoms with van der Waals surface area (Å²) in [4.78, 5) is 2.40. The van der Waals surface area contributed by atoms with Gasteiger partial charge in [0.1, 0.15) is 12.4 Å². The van der Waals surface area contributed by atoms with Gasteiger partial charge < -0.3 is 10.5 Å². The van der Waals surface area contributed by atoms with E-state index in [0.717, 1.165) is 18.8 Å². The number of nitrogens with zero attached hydrogens (tertiary/aromatic N) is 1. The molecule has 0 radical (unpaired) electrons. The number of benzene rings is 2. The molecule has 2 aromatic carbocycles. The number of para-hydroxylation sites is 2. The van der Waals surface area contributed by atoms with Crippen LogP contribution in [-0.4, -0.2) is 24.1 Å². The van der Waals surface area contributed by atoms with Crippen molar-refractivity contribution < 1.29 is 4.74 Å². The maximum atomic E-state index is 5.88. The molecule has 0 unspecified atom stereocenters. The topological polar surface area (TPSA) is 38.5 Å². The van der Waals surface area contributed by atoms with Crippen LogP contribution < -0.4 is 10.5 Å². The fourth-order valence-corrected chi connectivity index (χ4v) is 2.22. The van der Waals surface area contributed by atoms with Crippen LogP contribution >= 0.6 is 0 Å². The Kier molecular flexibility index (Phi) is 5.64. The molecule has 0 aliphatic carbocycles. The second-order valence-electron chi connectivity index (χ2n) is 5.44. The average Bonchev–Trinajstić information content (AvgIpc) is 2.49. The van der Waals surface area contributed by atoms with Gasteiger partial charge in [0, 0.05) is 19.1 Å². The van der Waals surface area contributed by atoms with Gasteiger partial charge in [0.25, 0.3) is 0 Å². The number of nitrogens with two attached hydrogens (primary N) is 1. The maximum absolute atomic E-state index is 5.88. The summed E-state index contributed by atoms with van der Waals surface area (Å²) >= 11 is 0. The van der Waals surface area contributed by atoms with Gasteiger partial charge >= 0.3 is 0 Å². The maximum Gasteiger partial charge on any atom is 0.142 e. The first-order chi connectivity index (χ1) is 10.2. The fraction of sp³-hybridized carbons (Fsp3) is 0.333. The zero-order valence-electron chi connectivity index (χ0n) is 12.8. The molecule has 0 aliphatic rings. The van der Waals surface area contributed by atoms with Crippen molar-refractivity contribution in [3.8, 4) is 5.75 Å². The Bertz CT molecular complexity index is 540. The lowest BCUT2D eigenvalue weighted by Gasteiger charge is -2.26. The van der Waals surface area contributed by atoms with Crippen molar-refractivity contribution in [3.05, 3.63) is 60.2 Å². The van der Waals surface area contributed by atoms with E-state index in [4.69, 9.17) is 10.5 Å². The first-order valence-corrected chi connectivity index (χ1v) is 7.42. The molecule has 0 saturated heterocycles. The van der Waals surface area contributed by atoms with E-state index in [-0.39, 0.29) is 0 Å². The van der Waals surface area contributed by atoms with Crippen molar-refractivity contribution >= 4 is 5.69 Å². The molecule has 2 aromatic rings. The Balaban J connectivity index is 1.87. The lowest BCUT2D eigenvalue weighted by Crippen LogP contribution is -2.34. The Morgan fingerprint density at radius 1 is 1.00 bits per heavy atom. The highest BCUT2D eigenvalue weighted by molar-refractivity contribution is 5.51. The van der Waals surface area contributed by atoms with Gasteiger partial charge in [-0.1, -0.05) is 42.5 Å². The van der Waals surface area contributed by atoms with E-state index < -0.39 is 0 Å². The quantitative estimate of drug-likeness (QED) is 0.790. The van der Waals surface area contributed by atoms with E-state index in [1.807, 2.05) is 30.3 Å². The van der Waals surface area contributed by atoms with Crippen LogP contribution in [0.1, 0.15) is 19.4 Å². The molecule has 0 amide bonds. The smallest absolute Gasteiger partial charge is 0.142 e. The highest BCUT2D eigenvalue weighted by Crippen LogP contribution is 2.19. The Morgan fingerprint density at radius 3 is 2.33 bits per heavy atom. The Hall–Kier alpha value is -2.00. The fourth-order valence-electron chi connectivity index (χ4n) is 2.22. The predicted molar refractivity (Wildman–Crippen MR) is 88.3 cm³/mol. The van der Waals surface area contributed by atoms with Crippen LogP contribution in [-0.2, 0) is 6.54 Å². The van der Waals surface area contributed by atoms with Crippen molar-refractivity contribution in [2.75, 3.05) is 18.9 Å². The molecular weight excluding hydrogens is 260 g/mol. The molecular formula is C18H24N2O. The number of rotatable bonds is 7. The zero-order chi connectivity index (χ0) is 15.1. The van der Waals surface area contributed by atoms with Gasteiger partial charge in [0.05, 0.1) is 5.69 Å². The summed E-state index contributed by atoms with van der Waals surface area (Å²) in [6, 6.07) is 18.6. The van der Waals surface area contributed by atoms with Crippen molar-refractivity contribution in [1.29, 1.82) is 0 Å². The number of anilines is 1. The summed E-state index contributed by atoms with van der Waals surface area (Å²) in [5.41, 5.74) is 7.90. The van der Waals surface area contributed by atoms with Crippen molar-refractivity contribution in [2.45, 2.75) is 26.4 Å². The van der Waals surface area contributed by atoms with Crippen molar-refractivity contribution in [1.82, 2.24) is 4.90 Å². The second kappa shape index (κ2) is 7.70. The van der Waals surface area contributed by atoms with E-state index in [9.17, 15) is 0 Å². The molecule has 112 valence electrons. The van der Waals surface area contributed by atoms with Gasteiger partial charge in [-0.25, -0.2) is 0 Å². The summed E-state index contributed by atoms with van der Waals surface area (Å²) in [5, 5.41) is 0. The lowest BCUT2D eigenvalue weighted by atomic mass is 10.2. The van der Waals surface area contributed by atoms with Crippen LogP contribution in [0.4, 0.5) is 5.69 Å². The molecule has 0 aliphatic heterocycles. The molecule has 0 spiro atoms. The van der Waals surface area contributed by atoms with Crippen LogP contribution in [0.25, 0.3) is 0 Å². The zero-order valence-corrected chi connectivity index (χ0v) is 12.8. The second-order valence-corrected chi connectivity index (χ2v) is 5.44. The molecule has 0 saturated carbocycles. The molecule has 0 bridgehead atoms. The van der Waals surface area contributed by atoms with E-state index in [1.54, 1.807) is 0 Å². The monoisotopic (exact) mass is 284 g/mol. The van der Waals surface area contributed by atoms with Gasteiger partial charge in [-0.15, -0.1) is 0 Å². The Labute approximate surface area is 127 Å². The molecule has 2 rings (SSSR count). The molecule has 3 heteroatoms. The van der Waals surface area contributed by atoms with Crippen LogP contribution in [0.3, 0.4) is 0 Å². The molecule has 0 heterocycles. The minimum absolute atomic E-state index is 0.474.